The number of nitrogens with one attached hydrogen (secondary N) is 1. The maximum atomic E-state index is 3.77. The molecule has 0 amide bonds. The highest BCUT2D eigenvalue weighted by atomic mass is 32.2. The predicted molar refractivity (Wildman–Crippen MR) is 75.3 cm³/mol. The molecule has 3 heteroatoms. The monoisotopic (exact) mass is 244 g/mol. The molecular formula is C13H28N2S. The summed E-state index contributed by atoms with van der Waals surface area (Å²) in [5, 5.41) is 3.77. The number of hydrogen-bond donors (Lipinski definition) is 1. The van der Waals surface area contributed by atoms with Crippen LogP contribution >= 0.6 is 11.8 Å². The molecule has 1 fully saturated rings. The normalized spacial score (nSPS) is 21.2. The fraction of sp³-hybridized carbons (Fsp3) is 1.00. The second-order valence-corrected chi connectivity index (χ2v) is 6.16. The van der Waals surface area contributed by atoms with E-state index in [-0.39, 0.29) is 0 Å². The van der Waals surface area contributed by atoms with Crippen LogP contribution in [0, 0.1) is 0 Å². The van der Waals surface area contributed by atoms with Crippen molar-refractivity contribution in [2.45, 2.75) is 52.1 Å². The Bertz CT molecular complexity index is 167. The van der Waals surface area contributed by atoms with E-state index in [4.69, 9.17) is 0 Å². The van der Waals surface area contributed by atoms with Crippen molar-refractivity contribution in [2.24, 2.45) is 0 Å². The summed E-state index contributed by atoms with van der Waals surface area (Å²) in [6.45, 7) is 10.7. The van der Waals surface area contributed by atoms with Crippen LogP contribution in [-0.4, -0.2) is 48.1 Å². The average Bonchev–Trinajstić information content (AvgIpc) is 2.29. The largest absolute Gasteiger partial charge is 0.311 e. The van der Waals surface area contributed by atoms with E-state index in [2.05, 4.69) is 31.0 Å². The maximum absolute atomic E-state index is 3.77. The summed E-state index contributed by atoms with van der Waals surface area (Å²) in [5.41, 5.74) is 0. The molecule has 0 bridgehead atoms. The van der Waals surface area contributed by atoms with Gasteiger partial charge >= 0.3 is 0 Å². The summed E-state index contributed by atoms with van der Waals surface area (Å²) in [6, 6.07) is 1.44. The Morgan fingerprint density at radius 3 is 2.56 bits per heavy atom. The first-order valence-corrected chi connectivity index (χ1v) is 7.97. The highest BCUT2D eigenvalue weighted by molar-refractivity contribution is 7.99. The van der Waals surface area contributed by atoms with Crippen LogP contribution < -0.4 is 5.32 Å². The lowest BCUT2D eigenvalue weighted by Gasteiger charge is -2.33. The molecule has 1 unspecified atom stereocenters. The van der Waals surface area contributed by atoms with Crippen LogP contribution in [0.25, 0.3) is 0 Å². The molecule has 0 spiro atoms. The van der Waals surface area contributed by atoms with Crippen LogP contribution in [0.4, 0.5) is 0 Å². The summed E-state index contributed by atoms with van der Waals surface area (Å²) < 4.78 is 0. The number of hydrogen-bond acceptors (Lipinski definition) is 3. The summed E-state index contributed by atoms with van der Waals surface area (Å²) in [4.78, 5) is 2.60. The molecule has 96 valence electrons. The number of likely N-dealkylation sites (tertiary alicyclic amines) is 1. The van der Waals surface area contributed by atoms with Crippen molar-refractivity contribution >= 4 is 11.8 Å². The SMILES string of the molecule is CCCN1CCC(NC(C)CSCC)CC1. The third kappa shape index (κ3) is 5.55. The van der Waals surface area contributed by atoms with Gasteiger partial charge in [0.15, 0.2) is 0 Å². The van der Waals surface area contributed by atoms with Crippen molar-refractivity contribution in [3.8, 4) is 0 Å². The molecular weight excluding hydrogens is 216 g/mol. The first kappa shape index (κ1) is 14.3. The molecule has 1 atom stereocenters. The maximum Gasteiger partial charge on any atom is 0.0132 e. The fourth-order valence-electron chi connectivity index (χ4n) is 2.38. The van der Waals surface area contributed by atoms with Gasteiger partial charge in [-0.15, -0.1) is 0 Å². The van der Waals surface area contributed by atoms with Crippen LogP contribution in [0.3, 0.4) is 0 Å². The molecule has 1 saturated heterocycles. The zero-order valence-corrected chi connectivity index (χ0v) is 12.0. The van der Waals surface area contributed by atoms with Gasteiger partial charge in [-0.2, -0.15) is 11.8 Å². The highest BCUT2D eigenvalue weighted by Gasteiger charge is 2.19. The van der Waals surface area contributed by atoms with Gasteiger partial charge in [-0.25, -0.2) is 0 Å². The smallest absolute Gasteiger partial charge is 0.0132 e. The van der Waals surface area contributed by atoms with Gasteiger partial charge in [0.05, 0.1) is 0 Å². The molecule has 16 heavy (non-hydrogen) atoms. The second-order valence-electron chi connectivity index (χ2n) is 4.84. The molecule has 1 aliphatic rings. The lowest BCUT2D eigenvalue weighted by atomic mass is 10.0. The third-order valence-corrected chi connectivity index (χ3v) is 4.36. The Morgan fingerprint density at radius 1 is 1.31 bits per heavy atom. The first-order chi connectivity index (χ1) is 7.76. The Hall–Kier alpha value is 0.270. The zero-order chi connectivity index (χ0) is 11.8. The minimum Gasteiger partial charge on any atom is -0.311 e. The quantitative estimate of drug-likeness (QED) is 0.741. The second kappa shape index (κ2) is 8.37. The first-order valence-electron chi connectivity index (χ1n) is 6.82. The average molecular weight is 244 g/mol. The third-order valence-electron chi connectivity index (χ3n) is 3.22. The molecule has 0 radical (unpaired) electrons. The van der Waals surface area contributed by atoms with E-state index in [0.29, 0.717) is 6.04 Å². The molecule has 0 aliphatic carbocycles. The molecule has 1 aliphatic heterocycles. The Kier molecular flexibility index (Phi) is 7.50. The van der Waals surface area contributed by atoms with Crippen LogP contribution in [0.1, 0.15) is 40.0 Å². The number of piperidine rings is 1. The van der Waals surface area contributed by atoms with Crippen molar-refractivity contribution in [3.63, 3.8) is 0 Å². The van der Waals surface area contributed by atoms with Crippen LogP contribution in [0.5, 0.6) is 0 Å². The summed E-state index contributed by atoms with van der Waals surface area (Å²) in [6.07, 6.45) is 3.96. The van der Waals surface area contributed by atoms with Gasteiger partial charge in [0.25, 0.3) is 0 Å². The van der Waals surface area contributed by atoms with E-state index >= 15 is 0 Å². The van der Waals surface area contributed by atoms with Crippen molar-refractivity contribution in [1.82, 2.24) is 10.2 Å². The number of nitrogens with zero attached hydrogens (tertiary/aromatic N) is 1. The molecule has 0 saturated carbocycles. The Labute approximate surface area is 106 Å². The van der Waals surface area contributed by atoms with E-state index in [0.717, 1.165) is 6.04 Å². The van der Waals surface area contributed by atoms with Gasteiger partial charge < -0.3 is 10.2 Å². The van der Waals surface area contributed by atoms with Crippen molar-refractivity contribution in [1.29, 1.82) is 0 Å². The van der Waals surface area contributed by atoms with Gasteiger partial charge in [0.1, 0.15) is 0 Å². The van der Waals surface area contributed by atoms with Crippen molar-refractivity contribution < 1.29 is 0 Å². The highest BCUT2D eigenvalue weighted by Crippen LogP contribution is 2.12. The lowest BCUT2D eigenvalue weighted by Crippen LogP contribution is -2.46. The predicted octanol–water partition coefficient (Wildman–Crippen LogP) is 2.59. The van der Waals surface area contributed by atoms with Gasteiger partial charge in [-0.1, -0.05) is 13.8 Å². The molecule has 0 aromatic rings. The van der Waals surface area contributed by atoms with Gasteiger partial charge in [-0.05, 0) is 51.6 Å². The zero-order valence-electron chi connectivity index (χ0n) is 11.2. The summed E-state index contributed by atoms with van der Waals surface area (Å²) >= 11 is 2.04. The fourth-order valence-corrected chi connectivity index (χ4v) is 3.07. The molecule has 1 rings (SSSR count). The molecule has 0 aromatic carbocycles. The topological polar surface area (TPSA) is 15.3 Å². The van der Waals surface area contributed by atoms with E-state index in [1.165, 1.54) is 50.4 Å². The summed E-state index contributed by atoms with van der Waals surface area (Å²) in [5.74, 6) is 2.49. The van der Waals surface area contributed by atoms with Crippen LogP contribution in [0.15, 0.2) is 0 Å². The lowest BCUT2D eigenvalue weighted by molar-refractivity contribution is 0.194. The molecule has 0 aromatic heterocycles. The molecule has 1 heterocycles. The van der Waals surface area contributed by atoms with Gasteiger partial charge in [-0.3, -0.25) is 0 Å². The van der Waals surface area contributed by atoms with Crippen molar-refractivity contribution in [3.05, 3.63) is 0 Å². The van der Waals surface area contributed by atoms with Crippen LogP contribution in [-0.2, 0) is 0 Å². The summed E-state index contributed by atoms with van der Waals surface area (Å²) in [7, 11) is 0. The van der Waals surface area contributed by atoms with E-state index < -0.39 is 0 Å². The standard InChI is InChI=1S/C13H28N2S/c1-4-8-15-9-6-13(7-10-15)14-12(3)11-16-5-2/h12-14H,4-11H2,1-3H3. The van der Waals surface area contributed by atoms with Crippen LogP contribution in [0.2, 0.25) is 0 Å². The van der Waals surface area contributed by atoms with E-state index in [9.17, 15) is 0 Å². The Morgan fingerprint density at radius 2 is 2.00 bits per heavy atom. The van der Waals surface area contributed by atoms with E-state index in [1.54, 1.807) is 0 Å². The van der Waals surface area contributed by atoms with E-state index in [1.807, 2.05) is 11.8 Å². The van der Waals surface area contributed by atoms with Gasteiger partial charge in [0, 0.05) is 17.8 Å². The number of thioether (sulfide) groups is 1. The minimum absolute atomic E-state index is 0.674. The van der Waals surface area contributed by atoms with Gasteiger partial charge in [0.2, 0.25) is 0 Å². The van der Waals surface area contributed by atoms with Crippen molar-refractivity contribution in [2.75, 3.05) is 31.1 Å². The molecule has 2 nitrogen and oxygen atoms in total. The Balaban J connectivity index is 2.11. The minimum atomic E-state index is 0.674. The number of rotatable bonds is 7. The molecule has 1 N–H and O–H groups in total.